The van der Waals surface area contributed by atoms with Gasteiger partial charge in [-0.15, -0.1) is 0 Å². The number of hydrazone groups is 1. The van der Waals surface area contributed by atoms with Gasteiger partial charge in [-0.2, -0.15) is 5.10 Å². The maximum Gasteiger partial charge on any atom is 0.343 e. The molecule has 0 aliphatic carbocycles. The van der Waals surface area contributed by atoms with Gasteiger partial charge in [0.05, 0.1) is 31.6 Å². The highest BCUT2D eigenvalue weighted by molar-refractivity contribution is 5.97. The Bertz CT molecular complexity index is 1060. The minimum absolute atomic E-state index is 0.357. The lowest BCUT2D eigenvalue weighted by molar-refractivity contribution is 0.0734. The van der Waals surface area contributed by atoms with Gasteiger partial charge in [0.15, 0.2) is 0 Å². The third-order valence-electron chi connectivity index (χ3n) is 4.13. The van der Waals surface area contributed by atoms with Crippen molar-refractivity contribution in [1.82, 2.24) is 5.43 Å². The summed E-state index contributed by atoms with van der Waals surface area (Å²) in [7, 11) is 3.05. The van der Waals surface area contributed by atoms with Gasteiger partial charge in [0.25, 0.3) is 5.91 Å². The Kier molecular flexibility index (Phi) is 6.78. The van der Waals surface area contributed by atoms with Crippen LogP contribution in [-0.2, 0) is 0 Å². The minimum Gasteiger partial charge on any atom is -0.497 e. The van der Waals surface area contributed by atoms with Crippen molar-refractivity contribution in [3.05, 3.63) is 89.5 Å². The predicted octanol–water partition coefficient (Wildman–Crippen LogP) is 3.69. The number of para-hydroxylation sites is 1. The van der Waals surface area contributed by atoms with Crippen LogP contribution in [0.5, 0.6) is 17.2 Å². The highest BCUT2D eigenvalue weighted by Gasteiger charge is 2.11. The summed E-state index contributed by atoms with van der Waals surface area (Å²) in [6.07, 6.45) is 1.46. The Morgan fingerprint density at radius 3 is 2.37 bits per heavy atom. The number of ether oxygens (including phenoxy) is 3. The molecule has 0 fully saturated rings. The molecule has 1 N–H and O–H groups in total. The van der Waals surface area contributed by atoms with Crippen LogP contribution in [0.2, 0.25) is 0 Å². The lowest BCUT2D eigenvalue weighted by Gasteiger charge is -2.07. The number of amides is 1. The van der Waals surface area contributed by atoms with Crippen LogP contribution in [0.25, 0.3) is 0 Å². The molecule has 7 heteroatoms. The number of carbonyl (C=O) groups excluding carboxylic acids is 2. The summed E-state index contributed by atoms with van der Waals surface area (Å²) in [5.74, 6) is 0.579. The van der Waals surface area contributed by atoms with E-state index in [1.807, 2.05) is 0 Å². The maximum absolute atomic E-state index is 12.3. The van der Waals surface area contributed by atoms with Crippen LogP contribution in [0.1, 0.15) is 26.3 Å². The largest absolute Gasteiger partial charge is 0.497 e. The smallest absolute Gasteiger partial charge is 0.343 e. The first-order valence-corrected chi connectivity index (χ1v) is 9.03. The second-order valence-corrected chi connectivity index (χ2v) is 6.09. The van der Waals surface area contributed by atoms with Crippen molar-refractivity contribution in [1.29, 1.82) is 0 Å². The fraction of sp³-hybridized carbons (Fsp3) is 0.0870. The normalized spacial score (nSPS) is 10.5. The third-order valence-corrected chi connectivity index (χ3v) is 4.13. The van der Waals surface area contributed by atoms with Gasteiger partial charge in [-0.3, -0.25) is 4.79 Å². The second kappa shape index (κ2) is 9.88. The Balaban J connectivity index is 1.63. The summed E-state index contributed by atoms with van der Waals surface area (Å²) in [4.78, 5) is 24.5. The molecule has 0 aliphatic rings. The molecule has 0 bridgehead atoms. The van der Waals surface area contributed by atoms with Crippen molar-refractivity contribution in [2.45, 2.75) is 0 Å². The quantitative estimate of drug-likeness (QED) is 0.281. The molecule has 1 amide bonds. The van der Waals surface area contributed by atoms with Gasteiger partial charge in [-0.1, -0.05) is 24.3 Å². The first-order chi connectivity index (χ1) is 14.6. The van der Waals surface area contributed by atoms with E-state index in [9.17, 15) is 9.59 Å². The molecule has 3 aromatic rings. The van der Waals surface area contributed by atoms with Crippen molar-refractivity contribution in [3.63, 3.8) is 0 Å². The van der Waals surface area contributed by atoms with E-state index >= 15 is 0 Å². The Labute approximate surface area is 173 Å². The van der Waals surface area contributed by atoms with E-state index in [-0.39, 0.29) is 0 Å². The Hall–Kier alpha value is -4.13. The van der Waals surface area contributed by atoms with E-state index < -0.39 is 11.9 Å². The molecule has 0 saturated heterocycles. The number of benzene rings is 3. The van der Waals surface area contributed by atoms with Crippen molar-refractivity contribution in [3.8, 4) is 17.2 Å². The van der Waals surface area contributed by atoms with Crippen LogP contribution < -0.4 is 19.6 Å². The van der Waals surface area contributed by atoms with Crippen LogP contribution in [0.3, 0.4) is 0 Å². The second-order valence-electron chi connectivity index (χ2n) is 6.09. The SMILES string of the molecule is COc1ccc(C(=O)Oc2cccc(/C=N\NC(=O)c3ccccc3OC)c2)cc1. The highest BCUT2D eigenvalue weighted by atomic mass is 16.5. The van der Waals surface area contributed by atoms with Gasteiger partial charge in [0.1, 0.15) is 17.2 Å². The van der Waals surface area contributed by atoms with Crippen LogP contribution in [0.15, 0.2) is 77.9 Å². The third kappa shape index (κ3) is 5.23. The Morgan fingerprint density at radius 2 is 1.63 bits per heavy atom. The molecule has 0 aromatic heterocycles. The minimum atomic E-state index is -0.490. The van der Waals surface area contributed by atoms with Crippen LogP contribution in [0.4, 0.5) is 0 Å². The molecule has 30 heavy (non-hydrogen) atoms. The number of esters is 1. The number of nitrogens with zero attached hydrogens (tertiary/aromatic N) is 1. The number of carbonyl (C=O) groups is 2. The van der Waals surface area contributed by atoms with Crippen molar-refractivity contribution in [2.24, 2.45) is 5.10 Å². The summed E-state index contributed by atoms with van der Waals surface area (Å²) in [6, 6.07) is 20.3. The molecule has 152 valence electrons. The van der Waals surface area contributed by atoms with Crippen LogP contribution in [-0.4, -0.2) is 32.3 Å². The number of hydrogen-bond acceptors (Lipinski definition) is 6. The molecule has 0 unspecified atom stereocenters. The molecule has 3 rings (SSSR count). The zero-order valence-electron chi connectivity index (χ0n) is 16.5. The van der Waals surface area contributed by atoms with Gasteiger partial charge in [-0.25, -0.2) is 10.2 Å². The van der Waals surface area contributed by atoms with Crippen molar-refractivity contribution >= 4 is 18.1 Å². The molecule has 0 spiro atoms. The molecule has 0 atom stereocenters. The fourth-order valence-electron chi connectivity index (χ4n) is 2.61. The van der Waals surface area contributed by atoms with E-state index in [0.29, 0.717) is 33.9 Å². The van der Waals surface area contributed by atoms with Gasteiger partial charge in [0, 0.05) is 0 Å². The lowest BCUT2D eigenvalue weighted by atomic mass is 10.2. The monoisotopic (exact) mass is 404 g/mol. The lowest BCUT2D eigenvalue weighted by Crippen LogP contribution is -2.18. The number of methoxy groups -OCH3 is 2. The van der Waals surface area contributed by atoms with E-state index in [2.05, 4.69) is 10.5 Å². The van der Waals surface area contributed by atoms with Crippen LogP contribution >= 0.6 is 0 Å². The topological polar surface area (TPSA) is 86.2 Å². The van der Waals surface area contributed by atoms with E-state index in [4.69, 9.17) is 14.2 Å². The predicted molar refractivity (Wildman–Crippen MR) is 112 cm³/mol. The summed E-state index contributed by atoms with van der Waals surface area (Å²) in [6.45, 7) is 0. The average molecular weight is 404 g/mol. The van der Waals surface area contributed by atoms with Crippen molar-refractivity contribution < 1.29 is 23.8 Å². The standard InChI is InChI=1S/C23H20N2O5/c1-28-18-12-10-17(11-13-18)23(27)30-19-7-5-6-16(14-19)15-24-25-22(26)20-8-3-4-9-21(20)29-2/h3-15H,1-2H3,(H,25,26)/b24-15-. The summed E-state index contributed by atoms with van der Waals surface area (Å²) in [5, 5.41) is 3.96. The molecule has 7 nitrogen and oxygen atoms in total. The fourth-order valence-corrected chi connectivity index (χ4v) is 2.61. The van der Waals surface area contributed by atoms with E-state index in [1.54, 1.807) is 79.9 Å². The molecule has 0 heterocycles. The van der Waals surface area contributed by atoms with Gasteiger partial charge >= 0.3 is 5.97 Å². The number of nitrogens with one attached hydrogen (secondary N) is 1. The maximum atomic E-state index is 12.3. The zero-order valence-corrected chi connectivity index (χ0v) is 16.5. The van der Waals surface area contributed by atoms with Gasteiger partial charge < -0.3 is 14.2 Å². The van der Waals surface area contributed by atoms with Gasteiger partial charge in [0.2, 0.25) is 0 Å². The van der Waals surface area contributed by atoms with E-state index in [0.717, 1.165) is 0 Å². The average Bonchev–Trinajstić information content (AvgIpc) is 2.79. The molecule has 0 aliphatic heterocycles. The Morgan fingerprint density at radius 1 is 0.867 bits per heavy atom. The van der Waals surface area contributed by atoms with E-state index in [1.165, 1.54) is 13.3 Å². The molecule has 0 radical (unpaired) electrons. The first-order valence-electron chi connectivity index (χ1n) is 9.03. The number of rotatable bonds is 7. The summed E-state index contributed by atoms with van der Waals surface area (Å²) < 4.78 is 15.6. The molecule has 0 saturated carbocycles. The van der Waals surface area contributed by atoms with Gasteiger partial charge in [-0.05, 0) is 54.1 Å². The van der Waals surface area contributed by atoms with Crippen LogP contribution in [0, 0.1) is 0 Å². The molecular formula is C23H20N2O5. The number of hydrogen-bond donors (Lipinski definition) is 1. The summed E-state index contributed by atoms with van der Waals surface area (Å²) >= 11 is 0. The molecular weight excluding hydrogens is 384 g/mol. The first kappa shape index (κ1) is 20.6. The van der Waals surface area contributed by atoms with Crippen molar-refractivity contribution in [2.75, 3.05) is 14.2 Å². The zero-order chi connectivity index (χ0) is 21.3. The molecule has 3 aromatic carbocycles. The highest BCUT2D eigenvalue weighted by Crippen LogP contribution is 2.18. The summed E-state index contributed by atoms with van der Waals surface area (Å²) in [5.41, 5.74) is 3.87.